The van der Waals surface area contributed by atoms with Crippen LogP contribution in [-0.4, -0.2) is 10.4 Å². The van der Waals surface area contributed by atoms with Crippen molar-refractivity contribution in [2.24, 2.45) is 0 Å². The van der Waals surface area contributed by atoms with E-state index in [-0.39, 0.29) is 5.78 Å². The average Bonchev–Trinajstić information content (AvgIpc) is 2.62. The lowest BCUT2D eigenvalue weighted by Crippen LogP contribution is -1.96. The minimum Gasteiger partial charge on any atom is -0.353 e. The maximum Gasteiger partial charge on any atom is 0.164 e. The van der Waals surface area contributed by atoms with Crippen molar-refractivity contribution in [3.8, 4) is 12.3 Å². The molecule has 13 heavy (non-hydrogen) atoms. The Kier molecular flexibility index (Phi) is 3.33. The van der Waals surface area contributed by atoms with Gasteiger partial charge in [0, 0.05) is 37.3 Å². The third-order valence-corrected chi connectivity index (χ3v) is 1.91. The molecular formula is C11H13NO. The van der Waals surface area contributed by atoms with Gasteiger partial charge in [0.15, 0.2) is 5.78 Å². The second kappa shape index (κ2) is 4.51. The van der Waals surface area contributed by atoms with Gasteiger partial charge in [0.2, 0.25) is 0 Å². The van der Waals surface area contributed by atoms with E-state index in [9.17, 15) is 4.79 Å². The van der Waals surface area contributed by atoms with E-state index >= 15 is 0 Å². The number of hydrogen-bond donors (Lipinski definition) is 0. The first-order valence-electron chi connectivity index (χ1n) is 4.40. The zero-order chi connectivity index (χ0) is 9.68. The quantitative estimate of drug-likeness (QED) is 0.507. The summed E-state index contributed by atoms with van der Waals surface area (Å²) in [5, 5.41) is 0. The molecule has 0 radical (unpaired) electrons. The molecule has 0 aliphatic heterocycles. The molecule has 0 atom stereocenters. The Morgan fingerprint density at radius 2 is 2.46 bits per heavy atom. The molecule has 0 spiro atoms. The van der Waals surface area contributed by atoms with Gasteiger partial charge < -0.3 is 4.57 Å². The fourth-order valence-corrected chi connectivity index (χ4v) is 1.14. The fraction of sp³-hybridized carbons (Fsp3) is 0.364. The molecular weight excluding hydrogens is 162 g/mol. The van der Waals surface area contributed by atoms with Gasteiger partial charge in [0.05, 0.1) is 0 Å². The Morgan fingerprint density at radius 3 is 3.08 bits per heavy atom. The Bertz CT molecular complexity index is 330. The van der Waals surface area contributed by atoms with Crippen LogP contribution in [0.1, 0.15) is 30.1 Å². The summed E-state index contributed by atoms with van der Waals surface area (Å²) >= 11 is 0. The van der Waals surface area contributed by atoms with Gasteiger partial charge in [-0.15, -0.1) is 12.3 Å². The van der Waals surface area contributed by atoms with Crippen LogP contribution in [0.15, 0.2) is 18.5 Å². The van der Waals surface area contributed by atoms with Crippen molar-refractivity contribution in [1.29, 1.82) is 0 Å². The number of aryl methyl sites for hydroxylation is 1. The maximum absolute atomic E-state index is 11.2. The van der Waals surface area contributed by atoms with E-state index < -0.39 is 0 Å². The van der Waals surface area contributed by atoms with Gasteiger partial charge in [-0.2, -0.15) is 0 Å². The van der Waals surface area contributed by atoms with Crippen LogP contribution in [0, 0.1) is 12.3 Å². The first kappa shape index (κ1) is 9.60. The molecule has 1 rings (SSSR count). The Morgan fingerprint density at radius 1 is 1.69 bits per heavy atom. The van der Waals surface area contributed by atoms with Gasteiger partial charge in [-0.1, -0.05) is 6.92 Å². The standard InChI is InChI=1S/C11H13NO/c1-3-5-7-12-8-6-10(9-12)11(13)4-2/h1,6,8-9H,4-5,7H2,2H3. The molecule has 0 N–H and O–H groups in total. The highest BCUT2D eigenvalue weighted by Gasteiger charge is 2.03. The van der Waals surface area contributed by atoms with Crippen molar-refractivity contribution in [3.05, 3.63) is 24.0 Å². The van der Waals surface area contributed by atoms with Crippen LogP contribution in [0.4, 0.5) is 0 Å². The summed E-state index contributed by atoms with van der Waals surface area (Å²) in [5.74, 6) is 2.74. The lowest BCUT2D eigenvalue weighted by Gasteiger charge is -1.96. The highest BCUT2D eigenvalue weighted by atomic mass is 16.1. The van der Waals surface area contributed by atoms with Crippen molar-refractivity contribution < 1.29 is 4.79 Å². The average molecular weight is 175 g/mol. The van der Waals surface area contributed by atoms with Crippen LogP contribution in [0.2, 0.25) is 0 Å². The van der Waals surface area contributed by atoms with Crippen LogP contribution in [-0.2, 0) is 6.54 Å². The van der Waals surface area contributed by atoms with Crippen LogP contribution in [0.3, 0.4) is 0 Å². The number of terminal acetylenes is 1. The monoisotopic (exact) mass is 175 g/mol. The second-order valence-electron chi connectivity index (χ2n) is 2.87. The van der Waals surface area contributed by atoms with Crippen LogP contribution in [0.25, 0.3) is 0 Å². The van der Waals surface area contributed by atoms with E-state index in [0.717, 1.165) is 12.1 Å². The molecule has 0 bridgehead atoms. The summed E-state index contributed by atoms with van der Waals surface area (Å²) in [4.78, 5) is 11.2. The summed E-state index contributed by atoms with van der Waals surface area (Å²) in [7, 11) is 0. The maximum atomic E-state index is 11.2. The first-order valence-corrected chi connectivity index (χ1v) is 4.40. The molecule has 2 nitrogen and oxygen atoms in total. The van der Waals surface area contributed by atoms with Crippen molar-refractivity contribution in [2.45, 2.75) is 26.3 Å². The highest BCUT2D eigenvalue weighted by molar-refractivity contribution is 5.95. The topological polar surface area (TPSA) is 22.0 Å². The van der Waals surface area contributed by atoms with Gasteiger partial charge in [-0.3, -0.25) is 4.79 Å². The van der Waals surface area contributed by atoms with Crippen molar-refractivity contribution in [3.63, 3.8) is 0 Å². The SMILES string of the molecule is C#CCCn1ccc(C(=O)CC)c1. The third-order valence-electron chi connectivity index (χ3n) is 1.91. The molecule has 0 aliphatic rings. The lowest BCUT2D eigenvalue weighted by atomic mass is 10.2. The predicted octanol–water partition coefficient (Wildman–Crippen LogP) is 2.10. The molecule has 2 heteroatoms. The normalized spacial score (nSPS) is 9.54. The number of carbonyl (C=O) groups is 1. The molecule has 0 saturated heterocycles. The number of carbonyl (C=O) groups excluding carboxylic acids is 1. The van der Waals surface area contributed by atoms with Crippen LogP contribution < -0.4 is 0 Å². The van der Waals surface area contributed by atoms with Gasteiger partial charge in [0.25, 0.3) is 0 Å². The van der Waals surface area contributed by atoms with E-state index in [1.807, 2.05) is 30.0 Å². The molecule has 0 aromatic carbocycles. The van der Waals surface area contributed by atoms with E-state index in [1.54, 1.807) is 0 Å². The number of nitrogens with zero attached hydrogens (tertiary/aromatic N) is 1. The summed E-state index contributed by atoms with van der Waals surface area (Å²) in [5.41, 5.74) is 0.777. The summed E-state index contributed by atoms with van der Waals surface area (Å²) in [6.07, 6.45) is 10.1. The lowest BCUT2D eigenvalue weighted by molar-refractivity contribution is 0.0988. The molecule has 0 unspecified atom stereocenters. The molecule has 1 aromatic rings. The Balaban J connectivity index is 2.64. The molecule has 0 saturated carbocycles. The zero-order valence-corrected chi connectivity index (χ0v) is 7.79. The van der Waals surface area contributed by atoms with Gasteiger partial charge in [-0.05, 0) is 6.07 Å². The zero-order valence-electron chi connectivity index (χ0n) is 7.79. The molecule has 1 heterocycles. The van der Waals surface area contributed by atoms with Crippen molar-refractivity contribution in [2.75, 3.05) is 0 Å². The smallest absolute Gasteiger partial charge is 0.164 e. The minimum atomic E-state index is 0.180. The minimum absolute atomic E-state index is 0.180. The second-order valence-corrected chi connectivity index (χ2v) is 2.87. The van der Waals surface area contributed by atoms with Crippen molar-refractivity contribution in [1.82, 2.24) is 4.57 Å². The van der Waals surface area contributed by atoms with Gasteiger partial charge in [-0.25, -0.2) is 0 Å². The van der Waals surface area contributed by atoms with E-state index in [0.29, 0.717) is 12.8 Å². The van der Waals surface area contributed by atoms with Gasteiger partial charge in [0.1, 0.15) is 0 Å². The summed E-state index contributed by atoms with van der Waals surface area (Å²) in [6.45, 7) is 2.65. The number of ketones is 1. The van der Waals surface area contributed by atoms with Crippen molar-refractivity contribution >= 4 is 5.78 Å². The van der Waals surface area contributed by atoms with E-state index in [4.69, 9.17) is 6.42 Å². The number of rotatable bonds is 4. The molecule has 0 fully saturated rings. The Labute approximate surface area is 78.6 Å². The Hall–Kier alpha value is -1.49. The predicted molar refractivity (Wildman–Crippen MR) is 52.5 cm³/mol. The summed E-state index contributed by atoms with van der Waals surface area (Å²) < 4.78 is 1.95. The van der Waals surface area contributed by atoms with Crippen LogP contribution >= 0.6 is 0 Å². The summed E-state index contributed by atoms with van der Waals surface area (Å²) in [6, 6.07) is 1.84. The number of aromatic nitrogens is 1. The molecule has 0 amide bonds. The number of hydrogen-bond acceptors (Lipinski definition) is 1. The molecule has 1 aromatic heterocycles. The molecule has 0 aliphatic carbocycles. The highest BCUT2D eigenvalue weighted by Crippen LogP contribution is 2.05. The fourth-order valence-electron chi connectivity index (χ4n) is 1.14. The van der Waals surface area contributed by atoms with E-state index in [2.05, 4.69) is 5.92 Å². The third kappa shape index (κ3) is 2.48. The first-order chi connectivity index (χ1) is 6.27. The number of Topliss-reactive ketones (excluding diaryl/α,β-unsaturated/α-hetero) is 1. The molecule has 68 valence electrons. The van der Waals surface area contributed by atoms with Crippen LogP contribution in [0.5, 0.6) is 0 Å². The van der Waals surface area contributed by atoms with Gasteiger partial charge >= 0.3 is 0 Å². The largest absolute Gasteiger partial charge is 0.353 e. The van der Waals surface area contributed by atoms with E-state index in [1.165, 1.54) is 0 Å².